The molecule has 0 saturated heterocycles. The minimum absolute atomic E-state index is 0.702. The fraction of sp³-hybridized carbons (Fsp3) is 0.545. The van der Waals surface area contributed by atoms with E-state index in [1.807, 2.05) is 90.7 Å². The molecule has 2 aromatic carbocycles. The smallest absolute Gasteiger partial charge is 0.180 e. The van der Waals surface area contributed by atoms with Crippen molar-refractivity contribution in [3.8, 4) is 62.0 Å². The van der Waals surface area contributed by atoms with Crippen LogP contribution in [0.1, 0.15) is 304 Å². The highest BCUT2D eigenvalue weighted by molar-refractivity contribution is 7.30. The van der Waals surface area contributed by atoms with Crippen LogP contribution in [0.2, 0.25) is 0 Å². The molecule has 11 rings (SSSR count). The Balaban J connectivity index is 0.899. The van der Waals surface area contributed by atoms with E-state index in [1.165, 1.54) is 330 Å². The first-order valence-electron chi connectivity index (χ1n) is 39.8. The molecule has 12 heteroatoms. The highest BCUT2D eigenvalue weighted by Crippen LogP contribution is 2.56. The second-order valence-corrected chi connectivity index (χ2v) is 37.0. The molecule has 9 heterocycles. The SMILES string of the molecule is CCCCCCCCCCCCOc1c(OCCCCCCCCCCCC)c2sc3cc2c2cc(sc12)-c1ccc(s1)C=Cc1ccc(s1)-c1cc2c(s1)c(OCCCCCCCCCCCC)c(OCCCCCCCCCCCC)c1sc(cc12)-c1ccc(s1)C=Cc1ccc-3s1. The van der Waals surface area contributed by atoms with Gasteiger partial charge in [-0.15, -0.1) is 90.7 Å². The number of hydrogen-bond donors (Lipinski definition) is 0. The Morgan fingerprint density at radius 3 is 0.570 bits per heavy atom. The maximum atomic E-state index is 7.15. The molecular formula is C88H116O4S8. The van der Waals surface area contributed by atoms with Gasteiger partial charge < -0.3 is 18.9 Å². The third-order valence-electron chi connectivity index (χ3n) is 20.0. The van der Waals surface area contributed by atoms with Crippen LogP contribution in [0.25, 0.3) is 104 Å². The number of fused-ring (bicyclic) bond motifs is 16. The van der Waals surface area contributed by atoms with E-state index in [0.717, 1.165) is 48.7 Å². The van der Waals surface area contributed by atoms with Crippen molar-refractivity contribution in [1.29, 1.82) is 0 Å². The molecule has 0 amide bonds. The van der Waals surface area contributed by atoms with Crippen LogP contribution in [-0.2, 0) is 0 Å². The summed E-state index contributed by atoms with van der Waals surface area (Å²) in [6, 6.07) is 28.5. The molecule has 0 saturated carbocycles. The van der Waals surface area contributed by atoms with Crippen molar-refractivity contribution in [2.24, 2.45) is 0 Å². The normalized spacial score (nSPS) is 12.3. The van der Waals surface area contributed by atoms with E-state index in [-0.39, 0.29) is 0 Å². The molecule has 16 bridgehead atoms. The molecule has 100 heavy (non-hydrogen) atoms. The lowest BCUT2D eigenvalue weighted by atomic mass is 10.1. The van der Waals surface area contributed by atoms with Crippen LogP contribution >= 0.6 is 90.7 Å². The van der Waals surface area contributed by atoms with Crippen LogP contribution in [-0.4, -0.2) is 26.4 Å². The van der Waals surface area contributed by atoms with E-state index in [1.54, 1.807) is 0 Å². The molecule has 10 aromatic rings. The Labute approximate surface area is 634 Å². The van der Waals surface area contributed by atoms with Gasteiger partial charge in [0.25, 0.3) is 0 Å². The summed E-state index contributed by atoms with van der Waals surface area (Å²) in [4.78, 5) is 15.3. The Morgan fingerprint density at radius 2 is 0.380 bits per heavy atom. The zero-order valence-corrected chi connectivity index (χ0v) is 67.8. The van der Waals surface area contributed by atoms with Gasteiger partial charge in [0.05, 0.1) is 45.2 Å². The van der Waals surface area contributed by atoms with E-state index >= 15 is 0 Å². The molecule has 0 atom stereocenters. The molecule has 0 spiro atoms. The lowest BCUT2D eigenvalue weighted by Gasteiger charge is -2.15. The molecule has 0 aliphatic carbocycles. The maximum absolute atomic E-state index is 7.15. The summed E-state index contributed by atoms with van der Waals surface area (Å²) in [6.07, 6.45) is 61.4. The van der Waals surface area contributed by atoms with E-state index in [9.17, 15) is 0 Å². The Kier molecular flexibility index (Phi) is 32.8. The van der Waals surface area contributed by atoms with Crippen molar-refractivity contribution >= 4 is 155 Å². The quantitative estimate of drug-likeness (QED) is 0.0356. The van der Waals surface area contributed by atoms with Crippen molar-refractivity contribution in [3.63, 3.8) is 0 Å². The second-order valence-electron chi connectivity index (χ2n) is 28.3. The van der Waals surface area contributed by atoms with Crippen molar-refractivity contribution in [2.45, 2.75) is 285 Å². The summed E-state index contributed by atoms with van der Waals surface area (Å²) in [5.74, 6) is 3.81. The summed E-state index contributed by atoms with van der Waals surface area (Å²) in [6.45, 7) is 12.0. The molecular weight excluding hydrogens is 1380 g/mol. The summed E-state index contributed by atoms with van der Waals surface area (Å²) in [5, 5.41) is 5.10. The maximum Gasteiger partial charge on any atom is 0.180 e. The van der Waals surface area contributed by atoms with Gasteiger partial charge >= 0.3 is 0 Å². The molecule has 4 nitrogen and oxygen atoms in total. The molecule has 0 unspecified atom stereocenters. The van der Waals surface area contributed by atoms with Gasteiger partial charge in [-0.1, -0.05) is 259 Å². The number of rotatable bonds is 48. The summed E-state index contributed by atoms with van der Waals surface area (Å²) >= 11 is 15.1. The Bertz CT molecular complexity index is 3530. The molecule has 1 aliphatic rings. The molecule has 0 N–H and O–H groups in total. The van der Waals surface area contributed by atoms with Gasteiger partial charge in [-0.2, -0.15) is 0 Å². The van der Waals surface area contributed by atoms with Crippen LogP contribution in [0.15, 0.2) is 72.8 Å². The Hall–Kier alpha value is -4.24. The predicted molar refractivity (Wildman–Crippen MR) is 455 cm³/mol. The first-order valence-corrected chi connectivity index (χ1v) is 46.4. The average Bonchev–Trinajstić information content (AvgIpc) is 1.59. The first-order chi connectivity index (χ1) is 49.5. The van der Waals surface area contributed by atoms with E-state index in [2.05, 4.69) is 125 Å². The van der Waals surface area contributed by atoms with Crippen LogP contribution in [0.5, 0.6) is 23.0 Å². The van der Waals surface area contributed by atoms with E-state index < -0.39 is 0 Å². The van der Waals surface area contributed by atoms with Crippen molar-refractivity contribution in [2.75, 3.05) is 26.4 Å². The lowest BCUT2D eigenvalue weighted by Crippen LogP contribution is -2.03. The zero-order valence-electron chi connectivity index (χ0n) is 61.2. The number of ether oxygens (including phenoxy) is 4. The second kappa shape index (κ2) is 42.6. The van der Waals surface area contributed by atoms with Crippen molar-refractivity contribution in [3.05, 3.63) is 92.3 Å². The Morgan fingerprint density at radius 1 is 0.200 bits per heavy atom. The van der Waals surface area contributed by atoms with Crippen molar-refractivity contribution in [1.82, 2.24) is 0 Å². The molecule has 0 radical (unpaired) electrons. The van der Waals surface area contributed by atoms with Crippen molar-refractivity contribution < 1.29 is 18.9 Å². The van der Waals surface area contributed by atoms with Crippen LogP contribution in [0, 0.1) is 0 Å². The van der Waals surface area contributed by atoms with E-state index in [4.69, 9.17) is 18.9 Å². The third kappa shape index (κ3) is 22.4. The van der Waals surface area contributed by atoms with Gasteiger partial charge in [0, 0.05) is 80.1 Å². The predicted octanol–water partition coefficient (Wildman–Crippen LogP) is 33.3. The number of benzene rings is 2. The number of hydrogen-bond acceptors (Lipinski definition) is 12. The standard InChI is InChI=1S/C88H116O4S8/c1-5-9-13-17-21-25-29-33-37-41-57-89-81-82(90-58-42-38-34-30-26-22-18-14-10-6-2)86-70-62-78(98-86)74-54-50-66(94-74)47-48-68-52-56-76(96-68)80-64-72-71-63-79(75-55-51-67(95-75)46-45-65-49-53-73(93-65)77-61-69(70)85(81)97-77)99-87(71)83(91-59-43-39-35-31-27-23-19-15-11-7-3)84(88(72)100-80)92-60-44-40-36-32-28-24-20-16-12-8-4/h45-56,61-64H,5-44,57-60H2,1-4H3. The molecule has 1 aliphatic heterocycles. The van der Waals surface area contributed by atoms with Gasteiger partial charge in [-0.25, -0.2) is 0 Å². The highest BCUT2D eigenvalue weighted by Gasteiger charge is 2.27. The van der Waals surface area contributed by atoms with Crippen LogP contribution in [0.3, 0.4) is 0 Å². The van der Waals surface area contributed by atoms with Gasteiger partial charge in [-0.05, 0) is 123 Å². The largest absolute Gasteiger partial charge is 0.488 e. The van der Waals surface area contributed by atoms with Gasteiger partial charge in [0.1, 0.15) is 0 Å². The molecule has 540 valence electrons. The fourth-order valence-electron chi connectivity index (χ4n) is 14.1. The zero-order chi connectivity index (χ0) is 68.8. The minimum atomic E-state index is 0.702. The van der Waals surface area contributed by atoms with Gasteiger partial charge in [-0.3, -0.25) is 0 Å². The monoisotopic (exact) mass is 1490 g/mol. The fourth-order valence-corrected chi connectivity index (χ4v) is 22.8. The van der Waals surface area contributed by atoms with Crippen LogP contribution in [0.4, 0.5) is 0 Å². The lowest BCUT2D eigenvalue weighted by molar-refractivity contribution is 0.264. The van der Waals surface area contributed by atoms with E-state index in [0.29, 0.717) is 26.4 Å². The topological polar surface area (TPSA) is 36.9 Å². The molecule has 8 aromatic heterocycles. The van der Waals surface area contributed by atoms with Crippen LogP contribution < -0.4 is 18.9 Å². The highest BCUT2D eigenvalue weighted by atomic mass is 32.1. The third-order valence-corrected chi connectivity index (χ3v) is 29.5. The summed E-state index contributed by atoms with van der Waals surface area (Å²) in [5.41, 5.74) is 0. The van der Waals surface area contributed by atoms with Gasteiger partial charge in [0.15, 0.2) is 23.0 Å². The number of thiophene rings is 8. The number of unbranched alkanes of at least 4 members (excludes halogenated alkanes) is 36. The average molecular weight is 1490 g/mol. The first kappa shape index (κ1) is 76.9. The van der Waals surface area contributed by atoms with Gasteiger partial charge in [0.2, 0.25) is 0 Å². The molecule has 0 fully saturated rings. The minimum Gasteiger partial charge on any atom is -0.488 e. The summed E-state index contributed by atoms with van der Waals surface area (Å²) < 4.78 is 33.4. The summed E-state index contributed by atoms with van der Waals surface area (Å²) in [7, 11) is 0.